The van der Waals surface area contributed by atoms with Gasteiger partial charge in [0, 0.05) is 23.0 Å². The van der Waals surface area contributed by atoms with E-state index in [2.05, 4.69) is 42.0 Å². The van der Waals surface area contributed by atoms with Crippen LogP contribution in [0.4, 0.5) is 0 Å². The van der Waals surface area contributed by atoms with Gasteiger partial charge in [0.25, 0.3) is 5.91 Å². The Balaban J connectivity index is 1.56. The Labute approximate surface area is 202 Å². The highest BCUT2D eigenvalue weighted by Gasteiger charge is 2.48. The molecule has 3 atom stereocenters. The summed E-state index contributed by atoms with van der Waals surface area (Å²) in [5.74, 6) is -0.628. The molecule has 1 N–H and O–H groups in total. The van der Waals surface area contributed by atoms with Crippen molar-refractivity contribution in [3.05, 3.63) is 69.7 Å². The molecule has 0 aromatic heterocycles. The summed E-state index contributed by atoms with van der Waals surface area (Å²) in [6.07, 6.45) is 0.728. The summed E-state index contributed by atoms with van der Waals surface area (Å²) >= 11 is 3.43. The van der Waals surface area contributed by atoms with Gasteiger partial charge in [-0.3, -0.25) is 14.4 Å². The van der Waals surface area contributed by atoms with E-state index in [1.165, 1.54) is 0 Å². The lowest BCUT2D eigenvalue weighted by atomic mass is 9.86. The van der Waals surface area contributed by atoms with E-state index in [-0.39, 0.29) is 35.7 Å². The van der Waals surface area contributed by atoms with Crippen molar-refractivity contribution in [1.29, 1.82) is 0 Å². The zero-order chi connectivity index (χ0) is 23.8. The number of Topliss-reactive ketones (excluding diaryl/α,β-unsaturated/α-hetero) is 1. The van der Waals surface area contributed by atoms with Crippen LogP contribution >= 0.6 is 15.9 Å². The van der Waals surface area contributed by atoms with Crippen LogP contribution in [0.3, 0.4) is 0 Å². The number of ether oxygens (including phenoxy) is 1. The molecule has 0 radical (unpaired) electrons. The smallest absolute Gasteiger partial charge is 0.251 e. The van der Waals surface area contributed by atoms with Crippen molar-refractivity contribution in [2.24, 2.45) is 0 Å². The summed E-state index contributed by atoms with van der Waals surface area (Å²) in [6.45, 7) is 6.85. The maximum atomic E-state index is 13.6. The number of rotatable bonds is 5. The molecule has 2 fully saturated rings. The highest BCUT2D eigenvalue weighted by molar-refractivity contribution is 9.10. The van der Waals surface area contributed by atoms with Gasteiger partial charge in [-0.15, -0.1) is 0 Å². The largest absolute Gasteiger partial charge is 0.368 e. The zero-order valence-corrected chi connectivity index (χ0v) is 20.7. The number of hydrogen-bond donors (Lipinski definition) is 1. The molecule has 2 aromatic carbocycles. The normalized spacial score (nSPS) is 21.1. The van der Waals surface area contributed by atoms with Crippen LogP contribution in [-0.4, -0.2) is 53.8 Å². The summed E-state index contributed by atoms with van der Waals surface area (Å²) in [6, 6.07) is 13.8. The Bertz CT molecular complexity index is 1040. The molecule has 7 heteroatoms. The number of carbonyl (C=O) groups is 3. The lowest BCUT2D eigenvalue weighted by molar-refractivity contribution is -0.138. The standard InChI is InChI=1S/C26H29BrN2O4/c1-26(2,3)18-8-6-17(7-9-18)24(31)28-20(14-16-4-10-19(27)11-5-16)25(32)29-13-12-22-23(29)21(30)15-33-22/h4-11,20,22-23H,12-15H2,1-3H3,(H,28,31)/t20-,22?,23?/m0/s1. The molecule has 2 aliphatic rings. The highest BCUT2D eigenvalue weighted by atomic mass is 79.9. The van der Waals surface area contributed by atoms with Crippen molar-refractivity contribution in [2.75, 3.05) is 13.2 Å². The van der Waals surface area contributed by atoms with E-state index in [4.69, 9.17) is 4.74 Å². The molecule has 2 unspecified atom stereocenters. The minimum absolute atomic E-state index is 0.0166. The number of nitrogens with one attached hydrogen (secondary N) is 1. The molecule has 2 aliphatic heterocycles. The Hall–Kier alpha value is -2.51. The second-order valence-corrected chi connectivity index (χ2v) is 10.7. The molecule has 2 saturated heterocycles. The Morgan fingerprint density at radius 1 is 1.12 bits per heavy atom. The van der Waals surface area contributed by atoms with E-state index in [1.54, 1.807) is 17.0 Å². The minimum Gasteiger partial charge on any atom is -0.368 e. The van der Waals surface area contributed by atoms with E-state index in [1.807, 2.05) is 36.4 Å². The maximum absolute atomic E-state index is 13.6. The molecule has 33 heavy (non-hydrogen) atoms. The van der Waals surface area contributed by atoms with E-state index in [0.29, 0.717) is 24.9 Å². The number of halogens is 1. The fourth-order valence-corrected chi connectivity index (χ4v) is 4.73. The fraction of sp³-hybridized carbons (Fsp3) is 0.423. The van der Waals surface area contributed by atoms with Crippen LogP contribution in [-0.2, 0) is 26.2 Å². The Morgan fingerprint density at radius 2 is 1.79 bits per heavy atom. The van der Waals surface area contributed by atoms with Gasteiger partial charge in [0.1, 0.15) is 18.7 Å². The maximum Gasteiger partial charge on any atom is 0.251 e. The topological polar surface area (TPSA) is 75.7 Å². The third kappa shape index (κ3) is 5.20. The quantitative estimate of drug-likeness (QED) is 0.663. The molecule has 2 aromatic rings. The molecule has 174 valence electrons. The first kappa shape index (κ1) is 23.6. The molecule has 4 rings (SSSR count). The van der Waals surface area contributed by atoms with Gasteiger partial charge in [-0.05, 0) is 47.2 Å². The second kappa shape index (κ2) is 9.39. The first-order valence-corrected chi connectivity index (χ1v) is 12.0. The number of nitrogens with zero attached hydrogens (tertiary/aromatic N) is 1. The first-order valence-electron chi connectivity index (χ1n) is 11.2. The molecule has 0 bridgehead atoms. The second-order valence-electron chi connectivity index (χ2n) is 9.76. The lowest BCUT2D eigenvalue weighted by Crippen LogP contribution is -2.53. The summed E-state index contributed by atoms with van der Waals surface area (Å²) in [7, 11) is 0. The Morgan fingerprint density at radius 3 is 2.42 bits per heavy atom. The van der Waals surface area contributed by atoms with E-state index < -0.39 is 12.1 Å². The monoisotopic (exact) mass is 512 g/mol. The average Bonchev–Trinajstić information content (AvgIpc) is 3.37. The lowest BCUT2D eigenvalue weighted by Gasteiger charge is -2.28. The van der Waals surface area contributed by atoms with Crippen LogP contribution in [0.25, 0.3) is 0 Å². The van der Waals surface area contributed by atoms with Gasteiger partial charge in [0.05, 0.1) is 6.10 Å². The van der Waals surface area contributed by atoms with Crippen molar-refractivity contribution >= 4 is 33.5 Å². The fourth-order valence-electron chi connectivity index (χ4n) is 4.46. The van der Waals surface area contributed by atoms with Crippen LogP contribution in [0.5, 0.6) is 0 Å². The summed E-state index contributed by atoms with van der Waals surface area (Å²) in [5, 5.41) is 2.93. The minimum atomic E-state index is -0.784. The van der Waals surface area contributed by atoms with Gasteiger partial charge >= 0.3 is 0 Å². The van der Waals surface area contributed by atoms with Crippen LogP contribution in [0, 0.1) is 0 Å². The summed E-state index contributed by atoms with van der Waals surface area (Å²) < 4.78 is 6.47. The van der Waals surface area contributed by atoms with Crippen molar-refractivity contribution in [1.82, 2.24) is 10.2 Å². The number of likely N-dealkylation sites (tertiary alicyclic amines) is 1. The van der Waals surface area contributed by atoms with Crippen molar-refractivity contribution < 1.29 is 19.1 Å². The first-order chi connectivity index (χ1) is 15.6. The number of hydrogen-bond acceptors (Lipinski definition) is 4. The molecule has 6 nitrogen and oxygen atoms in total. The van der Waals surface area contributed by atoms with Gasteiger partial charge in [-0.1, -0.05) is 61.0 Å². The van der Waals surface area contributed by atoms with Crippen LogP contribution in [0.1, 0.15) is 48.7 Å². The molecule has 0 aliphatic carbocycles. The van der Waals surface area contributed by atoms with Gasteiger partial charge < -0.3 is 15.0 Å². The van der Waals surface area contributed by atoms with Crippen LogP contribution < -0.4 is 5.32 Å². The van der Waals surface area contributed by atoms with Crippen LogP contribution in [0.15, 0.2) is 53.0 Å². The molecule has 2 heterocycles. The number of ketones is 1. The zero-order valence-electron chi connectivity index (χ0n) is 19.1. The van der Waals surface area contributed by atoms with Crippen molar-refractivity contribution in [3.8, 4) is 0 Å². The molecule has 2 amide bonds. The van der Waals surface area contributed by atoms with Crippen molar-refractivity contribution in [2.45, 2.75) is 57.2 Å². The van der Waals surface area contributed by atoms with Gasteiger partial charge in [0.15, 0.2) is 5.78 Å². The summed E-state index contributed by atoms with van der Waals surface area (Å²) in [5.41, 5.74) is 2.53. The number of benzene rings is 2. The van der Waals surface area contributed by atoms with E-state index >= 15 is 0 Å². The van der Waals surface area contributed by atoms with Gasteiger partial charge in [0.2, 0.25) is 5.91 Å². The Kier molecular flexibility index (Phi) is 6.73. The molecular formula is C26H29BrN2O4. The van der Waals surface area contributed by atoms with Gasteiger partial charge in [-0.2, -0.15) is 0 Å². The third-order valence-electron chi connectivity index (χ3n) is 6.36. The number of carbonyl (C=O) groups excluding carboxylic acids is 3. The molecule has 0 saturated carbocycles. The van der Waals surface area contributed by atoms with Crippen molar-refractivity contribution in [3.63, 3.8) is 0 Å². The highest BCUT2D eigenvalue weighted by Crippen LogP contribution is 2.28. The third-order valence-corrected chi connectivity index (χ3v) is 6.89. The van der Waals surface area contributed by atoms with Crippen LogP contribution in [0.2, 0.25) is 0 Å². The molecule has 0 spiro atoms. The predicted molar refractivity (Wildman–Crippen MR) is 129 cm³/mol. The molecular weight excluding hydrogens is 484 g/mol. The number of fused-ring (bicyclic) bond motifs is 1. The van der Waals surface area contributed by atoms with Gasteiger partial charge in [-0.25, -0.2) is 0 Å². The average molecular weight is 513 g/mol. The SMILES string of the molecule is CC(C)(C)c1ccc(C(=O)N[C@@H](Cc2ccc(Br)cc2)C(=O)N2CCC3OCC(=O)C32)cc1. The predicted octanol–water partition coefficient (Wildman–Crippen LogP) is 3.66. The summed E-state index contributed by atoms with van der Waals surface area (Å²) in [4.78, 5) is 40.6. The number of amides is 2. The van der Waals surface area contributed by atoms with E-state index in [0.717, 1.165) is 15.6 Å². The van der Waals surface area contributed by atoms with E-state index in [9.17, 15) is 14.4 Å².